The van der Waals surface area contributed by atoms with Gasteiger partial charge in [-0.1, -0.05) is 44.6 Å². The Bertz CT molecular complexity index is 817. The summed E-state index contributed by atoms with van der Waals surface area (Å²) < 4.78 is 0. The predicted octanol–water partition coefficient (Wildman–Crippen LogP) is 7.57. The van der Waals surface area contributed by atoms with Crippen molar-refractivity contribution in [3.63, 3.8) is 0 Å². The first-order valence-corrected chi connectivity index (χ1v) is 13.1. The molecule has 4 heteroatoms. The zero-order valence-electron chi connectivity index (χ0n) is 21.7. The molecule has 0 amide bonds. The second-order valence-electron chi connectivity index (χ2n) is 11.2. The van der Waals surface area contributed by atoms with E-state index in [1.54, 1.807) is 0 Å². The van der Waals surface area contributed by atoms with Gasteiger partial charge in [0.25, 0.3) is 0 Å². The summed E-state index contributed by atoms with van der Waals surface area (Å²) in [5.41, 5.74) is 6.25. The Morgan fingerprint density at radius 3 is 2.00 bits per heavy atom. The van der Waals surface area contributed by atoms with E-state index >= 15 is 0 Å². The SMILES string of the molecule is Cc1cc(CCCCCCC2(C(=O)O)CC2)c(C)c(CCCCCCC(C)(C)C(=O)O)c1C. The van der Waals surface area contributed by atoms with E-state index in [0.29, 0.717) is 0 Å². The summed E-state index contributed by atoms with van der Waals surface area (Å²) in [6.07, 6.45) is 14.4. The van der Waals surface area contributed by atoms with Crippen LogP contribution in [0.3, 0.4) is 0 Å². The first-order chi connectivity index (χ1) is 15.5. The molecule has 0 heterocycles. The van der Waals surface area contributed by atoms with Gasteiger partial charge in [0.1, 0.15) is 0 Å². The van der Waals surface area contributed by atoms with Crippen LogP contribution in [0.15, 0.2) is 6.07 Å². The number of unbranched alkanes of at least 4 members (excludes halogenated alkanes) is 6. The Hall–Kier alpha value is -1.84. The highest BCUT2D eigenvalue weighted by Gasteiger charge is 2.49. The Morgan fingerprint density at radius 2 is 1.42 bits per heavy atom. The number of benzene rings is 1. The fraction of sp³-hybridized carbons (Fsp3) is 0.724. The molecule has 0 bridgehead atoms. The highest BCUT2D eigenvalue weighted by atomic mass is 16.4. The molecule has 1 aromatic rings. The van der Waals surface area contributed by atoms with E-state index < -0.39 is 17.4 Å². The third-order valence-electron chi connectivity index (χ3n) is 8.09. The molecule has 1 aliphatic carbocycles. The van der Waals surface area contributed by atoms with Gasteiger partial charge < -0.3 is 10.2 Å². The average molecular weight is 459 g/mol. The standard InChI is InChI=1S/C29H46O4/c1-21-20-24(14-10-6-9-13-17-29(18-19-29)27(32)33)23(3)25(22(21)2)15-11-7-8-12-16-28(4,5)26(30)31/h20H,6-19H2,1-5H3,(H,30,31)(H,32,33). The van der Waals surface area contributed by atoms with Gasteiger partial charge in [-0.3, -0.25) is 9.59 Å². The third kappa shape index (κ3) is 7.86. The lowest BCUT2D eigenvalue weighted by atomic mass is 9.86. The summed E-state index contributed by atoms with van der Waals surface area (Å²) in [4.78, 5) is 22.5. The number of carboxylic acid groups (broad SMARTS) is 2. The van der Waals surface area contributed by atoms with Crippen LogP contribution >= 0.6 is 0 Å². The van der Waals surface area contributed by atoms with Crippen molar-refractivity contribution in [1.29, 1.82) is 0 Å². The number of aryl methyl sites for hydroxylation is 2. The van der Waals surface area contributed by atoms with E-state index in [1.807, 2.05) is 13.8 Å². The summed E-state index contributed by atoms with van der Waals surface area (Å²) in [5, 5.41) is 18.5. The second kappa shape index (κ2) is 12.0. The van der Waals surface area contributed by atoms with Crippen LogP contribution in [0.2, 0.25) is 0 Å². The zero-order chi connectivity index (χ0) is 24.6. The monoisotopic (exact) mass is 458 g/mol. The number of aliphatic carboxylic acids is 2. The van der Waals surface area contributed by atoms with Gasteiger partial charge in [0, 0.05) is 0 Å². The molecule has 33 heavy (non-hydrogen) atoms. The molecule has 4 nitrogen and oxygen atoms in total. The van der Waals surface area contributed by atoms with Crippen LogP contribution in [0.1, 0.15) is 119 Å². The van der Waals surface area contributed by atoms with Crippen molar-refractivity contribution in [2.45, 2.75) is 125 Å². The van der Waals surface area contributed by atoms with Gasteiger partial charge >= 0.3 is 11.9 Å². The highest BCUT2D eigenvalue weighted by Crippen LogP contribution is 2.50. The fourth-order valence-corrected chi connectivity index (χ4v) is 5.01. The summed E-state index contributed by atoms with van der Waals surface area (Å²) in [5.74, 6) is -1.29. The maximum atomic E-state index is 11.3. The molecule has 1 aromatic carbocycles. The van der Waals surface area contributed by atoms with Gasteiger partial charge in [-0.15, -0.1) is 0 Å². The van der Waals surface area contributed by atoms with E-state index in [1.165, 1.54) is 40.7 Å². The van der Waals surface area contributed by atoms with Crippen LogP contribution in [0.25, 0.3) is 0 Å². The lowest BCUT2D eigenvalue weighted by Crippen LogP contribution is -2.23. The maximum Gasteiger partial charge on any atom is 0.309 e. The number of hydrogen-bond donors (Lipinski definition) is 2. The molecule has 1 aliphatic rings. The van der Waals surface area contributed by atoms with Crippen molar-refractivity contribution in [3.8, 4) is 0 Å². The number of rotatable bonds is 16. The molecule has 0 unspecified atom stereocenters. The van der Waals surface area contributed by atoms with Crippen LogP contribution in [-0.2, 0) is 22.4 Å². The van der Waals surface area contributed by atoms with Crippen molar-refractivity contribution >= 4 is 11.9 Å². The molecule has 0 aliphatic heterocycles. The van der Waals surface area contributed by atoms with Crippen LogP contribution < -0.4 is 0 Å². The molecule has 0 radical (unpaired) electrons. The molecule has 186 valence electrons. The zero-order valence-corrected chi connectivity index (χ0v) is 21.7. The van der Waals surface area contributed by atoms with Crippen LogP contribution in [-0.4, -0.2) is 22.2 Å². The molecule has 1 saturated carbocycles. The predicted molar refractivity (Wildman–Crippen MR) is 135 cm³/mol. The Kier molecular flexibility index (Phi) is 10.00. The van der Waals surface area contributed by atoms with Crippen LogP contribution in [0.5, 0.6) is 0 Å². The third-order valence-corrected chi connectivity index (χ3v) is 8.09. The van der Waals surface area contributed by atoms with Gasteiger partial charge in [-0.2, -0.15) is 0 Å². The van der Waals surface area contributed by atoms with Crippen molar-refractivity contribution in [2.24, 2.45) is 10.8 Å². The summed E-state index contributed by atoms with van der Waals surface area (Å²) in [6.45, 7) is 10.4. The number of hydrogen-bond acceptors (Lipinski definition) is 2. The van der Waals surface area contributed by atoms with Gasteiger partial charge in [-0.25, -0.2) is 0 Å². The lowest BCUT2D eigenvalue weighted by molar-refractivity contribution is -0.147. The Morgan fingerprint density at radius 1 is 0.848 bits per heavy atom. The van der Waals surface area contributed by atoms with E-state index in [2.05, 4.69) is 26.8 Å². The van der Waals surface area contributed by atoms with Crippen LogP contribution in [0, 0.1) is 31.6 Å². The van der Waals surface area contributed by atoms with Gasteiger partial charge in [-0.05, 0) is 114 Å². The minimum Gasteiger partial charge on any atom is -0.481 e. The molecule has 1 fully saturated rings. The molecular formula is C29H46O4. The molecule has 0 saturated heterocycles. The normalized spacial score (nSPS) is 14.9. The van der Waals surface area contributed by atoms with E-state index in [0.717, 1.165) is 77.0 Å². The second-order valence-corrected chi connectivity index (χ2v) is 11.2. The fourth-order valence-electron chi connectivity index (χ4n) is 5.01. The van der Waals surface area contributed by atoms with Gasteiger partial charge in [0.05, 0.1) is 10.8 Å². The van der Waals surface area contributed by atoms with Crippen molar-refractivity contribution < 1.29 is 19.8 Å². The van der Waals surface area contributed by atoms with Crippen molar-refractivity contribution in [1.82, 2.24) is 0 Å². The quantitative estimate of drug-likeness (QED) is 0.250. The molecule has 2 N–H and O–H groups in total. The Labute approximate surface area is 201 Å². The van der Waals surface area contributed by atoms with E-state index in [-0.39, 0.29) is 5.41 Å². The summed E-state index contributed by atoms with van der Waals surface area (Å²) in [6, 6.07) is 2.37. The summed E-state index contributed by atoms with van der Waals surface area (Å²) >= 11 is 0. The maximum absolute atomic E-state index is 11.3. The van der Waals surface area contributed by atoms with Crippen molar-refractivity contribution in [2.75, 3.05) is 0 Å². The van der Waals surface area contributed by atoms with Gasteiger partial charge in [0.15, 0.2) is 0 Å². The molecule has 2 rings (SSSR count). The minimum absolute atomic E-state index is 0.369. The first-order valence-electron chi connectivity index (χ1n) is 13.1. The lowest BCUT2D eigenvalue weighted by Gasteiger charge is -2.19. The summed E-state index contributed by atoms with van der Waals surface area (Å²) in [7, 11) is 0. The molecule has 0 atom stereocenters. The molecule has 0 spiro atoms. The van der Waals surface area contributed by atoms with Crippen LogP contribution in [0.4, 0.5) is 0 Å². The number of carboxylic acids is 2. The smallest absolute Gasteiger partial charge is 0.309 e. The molecular weight excluding hydrogens is 412 g/mol. The van der Waals surface area contributed by atoms with Crippen molar-refractivity contribution in [3.05, 3.63) is 33.9 Å². The number of carbonyl (C=O) groups is 2. The highest BCUT2D eigenvalue weighted by molar-refractivity contribution is 5.77. The van der Waals surface area contributed by atoms with Gasteiger partial charge in [0.2, 0.25) is 0 Å². The Balaban J connectivity index is 1.75. The van der Waals surface area contributed by atoms with E-state index in [4.69, 9.17) is 0 Å². The average Bonchev–Trinajstić information content (AvgIpc) is 3.54. The largest absolute Gasteiger partial charge is 0.481 e. The van der Waals surface area contributed by atoms with E-state index in [9.17, 15) is 19.8 Å². The topological polar surface area (TPSA) is 74.6 Å². The molecule has 0 aromatic heterocycles. The minimum atomic E-state index is -0.701. The first kappa shape index (κ1) is 27.4.